The second kappa shape index (κ2) is 4.82. The molecule has 1 unspecified atom stereocenters. The normalized spacial score (nSPS) is 25.4. The third kappa shape index (κ3) is 3.11. The lowest BCUT2D eigenvalue weighted by Gasteiger charge is -2.17. The summed E-state index contributed by atoms with van der Waals surface area (Å²) in [6.45, 7) is 1.65. The summed E-state index contributed by atoms with van der Waals surface area (Å²) in [6.07, 6.45) is 1.86. The van der Waals surface area contributed by atoms with E-state index in [1.165, 1.54) is 5.75 Å². The number of carbonyl (C=O) groups is 1. The lowest BCUT2D eigenvalue weighted by Crippen LogP contribution is -2.12. The maximum absolute atomic E-state index is 10.5. The number of aliphatic carboxylic acids is 1. The summed E-state index contributed by atoms with van der Waals surface area (Å²) >= 11 is 3.75. The van der Waals surface area contributed by atoms with Crippen LogP contribution >= 0.6 is 23.5 Å². The summed E-state index contributed by atoms with van der Waals surface area (Å²) in [5, 5.41) is 9.03. The monoisotopic (exact) mass is 204 g/mol. The van der Waals surface area contributed by atoms with E-state index < -0.39 is 5.97 Å². The standard InChI is InChI=1S/C8H12O2S2/c1-6(8(9)10)4-7-5-11-2-3-12-7/h4,7H,2-3,5H2,1H3,(H,9,10)/b6-4+. The van der Waals surface area contributed by atoms with Crippen LogP contribution < -0.4 is 0 Å². The first-order valence-corrected chi connectivity index (χ1v) is 6.01. The molecule has 0 aromatic heterocycles. The minimum absolute atomic E-state index is 0.403. The fourth-order valence-electron chi connectivity index (χ4n) is 0.952. The molecule has 1 rings (SSSR count). The highest BCUT2D eigenvalue weighted by atomic mass is 32.2. The van der Waals surface area contributed by atoms with Gasteiger partial charge in [-0.2, -0.15) is 23.5 Å². The first-order chi connectivity index (χ1) is 5.70. The zero-order valence-corrected chi connectivity index (χ0v) is 8.58. The minimum Gasteiger partial charge on any atom is -0.478 e. The Hall–Kier alpha value is -0.0900. The summed E-state index contributed by atoms with van der Waals surface area (Å²) in [6, 6.07) is 0. The number of carboxylic acids is 1. The summed E-state index contributed by atoms with van der Waals surface area (Å²) in [5.41, 5.74) is 0.468. The molecule has 0 radical (unpaired) electrons. The van der Waals surface area contributed by atoms with Crippen molar-refractivity contribution in [3.05, 3.63) is 11.6 Å². The summed E-state index contributed by atoms with van der Waals surface area (Å²) in [4.78, 5) is 10.5. The van der Waals surface area contributed by atoms with Crippen LogP contribution in [-0.4, -0.2) is 33.6 Å². The van der Waals surface area contributed by atoms with Crippen molar-refractivity contribution in [3.8, 4) is 0 Å². The zero-order valence-electron chi connectivity index (χ0n) is 6.95. The van der Waals surface area contributed by atoms with Crippen LogP contribution in [0.25, 0.3) is 0 Å². The maximum Gasteiger partial charge on any atom is 0.330 e. The molecule has 0 aliphatic carbocycles. The average molecular weight is 204 g/mol. The Morgan fingerprint density at radius 2 is 2.33 bits per heavy atom. The molecule has 0 amide bonds. The molecule has 1 aliphatic rings. The third-order valence-electron chi connectivity index (χ3n) is 1.61. The van der Waals surface area contributed by atoms with Gasteiger partial charge in [0.1, 0.15) is 0 Å². The second-order valence-corrected chi connectivity index (χ2v) is 5.14. The highest BCUT2D eigenvalue weighted by Crippen LogP contribution is 2.25. The minimum atomic E-state index is -0.800. The highest BCUT2D eigenvalue weighted by Gasteiger charge is 2.13. The SMILES string of the molecule is C/C(=C\C1CSCCS1)C(=O)O. The van der Waals surface area contributed by atoms with Crippen molar-refractivity contribution in [3.63, 3.8) is 0 Å². The number of rotatable bonds is 2. The Bertz CT molecular complexity index is 195. The lowest BCUT2D eigenvalue weighted by atomic mass is 10.2. The number of thioether (sulfide) groups is 2. The van der Waals surface area contributed by atoms with Crippen LogP contribution in [-0.2, 0) is 4.79 Å². The third-order valence-corrected chi connectivity index (χ3v) is 4.34. The molecule has 0 aromatic carbocycles. The first-order valence-electron chi connectivity index (χ1n) is 3.81. The van der Waals surface area contributed by atoms with Gasteiger partial charge in [-0.05, 0) is 6.92 Å². The molecule has 12 heavy (non-hydrogen) atoms. The Balaban J connectivity index is 2.47. The van der Waals surface area contributed by atoms with Gasteiger partial charge in [-0.25, -0.2) is 4.79 Å². The highest BCUT2D eigenvalue weighted by molar-refractivity contribution is 8.06. The largest absolute Gasteiger partial charge is 0.478 e. The number of hydrogen-bond donors (Lipinski definition) is 1. The van der Waals surface area contributed by atoms with E-state index in [2.05, 4.69) is 0 Å². The first kappa shape index (κ1) is 9.99. The molecule has 0 saturated carbocycles. The zero-order chi connectivity index (χ0) is 8.97. The van der Waals surface area contributed by atoms with E-state index in [1.807, 2.05) is 29.6 Å². The molecule has 0 bridgehead atoms. The predicted molar refractivity (Wildman–Crippen MR) is 55.0 cm³/mol. The molecule has 1 saturated heterocycles. The van der Waals surface area contributed by atoms with E-state index in [0.717, 1.165) is 11.5 Å². The Morgan fingerprint density at radius 1 is 1.58 bits per heavy atom. The van der Waals surface area contributed by atoms with Crippen LogP contribution in [0.2, 0.25) is 0 Å². The van der Waals surface area contributed by atoms with Gasteiger partial charge in [-0.15, -0.1) is 0 Å². The van der Waals surface area contributed by atoms with Gasteiger partial charge >= 0.3 is 5.97 Å². The van der Waals surface area contributed by atoms with Crippen molar-refractivity contribution in [2.24, 2.45) is 0 Å². The van der Waals surface area contributed by atoms with E-state index in [4.69, 9.17) is 5.11 Å². The topological polar surface area (TPSA) is 37.3 Å². The van der Waals surface area contributed by atoms with Crippen LogP contribution in [0.5, 0.6) is 0 Å². The molecule has 68 valence electrons. The van der Waals surface area contributed by atoms with Crippen LogP contribution in [0.3, 0.4) is 0 Å². The van der Waals surface area contributed by atoms with Crippen molar-refractivity contribution in [1.82, 2.24) is 0 Å². The molecule has 1 fully saturated rings. The van der Waals surface area contributed by atoms with Crippen molar-refractivity contribution in [1.29, 1.82) is 0 Å². The van der Waals surface area contributed by atoms with Crippen LogP contribution in [0.15, 0.2) is 11.6 Å². The van der Waals surface area contributed by atoms with Gasteiger partial charge in [0.15, 0.2) is 0 Å². The quantitative estimate of drug-likeness (QED) is 0.697. The van der Waals surface area contributed by atoms with Crippen LogP contribution in [0, 0.1) is 0 Å². The molecule has 2 nitrogen and oxygen atoms in total. The van der Waals surface area contributed by atoms with E-state index >= 15 is 0 Å². The molecule has 1 N–H and O–H groups in total. The summed E-state index contributed by atoms with van der Waals surface area (Å²) < 4.78 is 0. The van der Waals surface area contributed by atoms with Crippen molar-refractivity contribution in [2.75, 3.05) is 17.3 Å². The lowest BCUT2D eigenvalue weighted by molar-refractivity contribution is -0.132. The molecule has 0 spiro atoms. The fraction of sp³-hybridized carbons (Fsp3) is 0.625. The summed E-state index contributed by atoms with van der Waals surface area (Å²) in [5.74, 6) is 2.58. The smallest absolute Gasteiger partial charge is 0.330 e. The van der Waals surface area contributed by atoms with E-state index in [1.54, 1.807) is 6.92 Å². The Kier molecular flexibility index (Phi) is 4.01. The van der Waals surface area contributed by atoms with Gasteiger partial charge in [-0.1, -0.05) is 6.08 Å². The molecule has 1 aliphatic heterocycles. The van der Waals surface area contributed by atoms with Gasteiger partial charge in [0.05, 0.1) is 0 Å². The van der Waals surface area contributed by atoms with Gasteiger partial charge in [0, 0.05) is 28.1 Å². The van der Waals surface area contributed by atoms with Crippen molar-refractivity contribution >= 4 is 29.5 Å². The molecule has 0 aromatic rings. The van der Waals surface area contributed by atoms with Crippen molar-refractivity contribution < 1.29 is 9.90 Å². The number of carboxylic acid groups (broad SMARTS) is 1. The van der Waals surface area contributed by atoms with Crippen LogP contribution in [0.4, 0.5) is 0 Å². The van der Waals surface area contributed by atoms with Crippen molar-refractivity contribution in [2.45, 2.75) is 12.2 Å². The fourth-order valence-corrected chi connectivity index (χ4v) is 3.58. The summed E-state index contributed by atoms with van der Waals surface area (Å²) in [7, 11) is 0. The molecule has 4 heteroatoms. The molecule has 1 heterocycles. The maximum atomic E-state index is 10.5. The number of hydrogen-bond acceptors (Lipinski definition) is 3. The van der Waals surface area contributed by atoms with Gasteiger partial charge < -0.3 is 5.11 Å². The molecule has 1 atom stereocenters. The van der Waals surface area contributed by atoms with E-state index in [9.17, 15) is 4.79 Å². The Labute approximate surface area is 80.8 Å². The predicted octanol–water partition coefficient (Wildman–Crippen LogP) is 1.87. The second-order valence-electron chi connectivity index (χ2n) is 2.64. The van der Waals surface area contributed by atoms with Gasteiger partial charge in [0.2, 0.25) is 0 Å². The Morgan fingerprint density at radius 3 is 2.83 bits per heavy atom. The van der Waals surface area contributed by atoms with E-state index in [-0.39, 0.29) is 0 Å². The molecular weight excluding hydrogens is 192 g/mol. The average Bonchev–Trinajstić information content (AvgIpc) is 2.06. The van der Waals surface area contributed by atoms with E-state index in [0.29, 0.717) is 10.8 Å². The van der Waals surface area contributed by atoms with Gasteiger partial charge in [-0.3, -0.25) is 0 Å². The van der Waals surface area contributed by atoms with Crippen LogP contribution in [0.1, 0.15) is 6.92 Å². The van der Waals surface area contributed by atoms with Gasteiger partial charge in [0.25, 0.3) is 0 Å². The molecular formula is C8H12O2S2.